The molecule has 1 fully saturated rings. The van der Waals surface area contributed by atoms with Crippen LogP contribution in [-0.2, 0) is 4.74 Å². The maximum Gasteiger partial charge on any atom is 0.251 e. The molecule has 0 aromatic heterocycles. The fraction of sp³-hybridized carbons (Fsp3) is 0.462. The second-order valence-corrected chi connectivity index (χ2v) is 4.52. The third-order valence-electron chi connectivity index (χ3n) is 3.22. The predicted molar refractivity (Wildman–Crippen MR) is 63.7 cm³/mol. The summed E-state index contributed by atoms with van der Waals surface area (Å²) in [4.78, 5) is 12.0. The monoisotopic (exact) mass is 253 g/mol. The second-order valence-electron chi connectivity index (χ2n) is 4.52. The molecule has 0 spiro atoms. The van der Waals surface area contributed by atoms with Gasteiger partial charge in [-0.2, -0.15) is 0 Å². The van der Waals surface area contributed by atoms with Crippen molar-refractivity contribution < 1.29 is 19.0 Å². The van der Waals surface area contributed by atoms with Gasteiger partial charge in [0.15, 0.2) is 0 Å². The van der Waals surface area contributed by atoms with Crippen LogP contribution >= 0.6 is 0 Å². The third kappa shape index (κ3) is 2.86. The number of aliphatic hydroxyl groups excluding tert-OH is 1. The minimum atomic E-state index is -0.651. The Kier molecular flexibility index (Phi) is 3.93. The average molecular weight is 253 g/mol. The van der Waals surface area contributed by atoms with Crippen LogP contribution in [0.3, 0.4) is 0 Å². The van der Waals surface area contributed by atoms with Crippen molar-refractivity contribution in [3.63, 3.8) is 0 Å². The molecule has 1 aliphatic heterocycles. The van der Waals surface area contributed by atoms with E-state index in [-0.39, 0.29) is 18.1 Å². The minimum absolute atomic E-state index is 0.141. The number of benzene rings is 1. The molecule has 1 amide bonds. The van der Waals surface area contributed by atoms with E-state index in [1.807, 2.05) is 0 Å². The van der Waals surface area contributed by atoms with Gasteiger partial charge in [0.05, 0.1) is 12.1 Å². The molecule has 2 rings (SSSR count). The van der Waals surface area contributed by atoms with E-state index in [9.17, 15) is 14.3 Å². The zero-order chi connectivity index (χ0) is 13.0. The predicted octanol–water partition coefficient (Wildman–Crippen LogP) is 1.10. The molecule has 0 unspecified atom stereocenters. The van der Waals surface area contributed by atoms with Gasteiger partial charge in [-0.1, -0.05) is 6.07 Å². The number of amides is 1. The number of nitrogens with one attached hydrogen (secondary N) is 1. The van der Waals surface area contributed by atoms with Crippen LogP contribution in [0.2, 0.25) is 0 Å². The Morgan fingerprint density at radius 2 is 2.17 bits per heavy atom. The van der Waals surface area contributed by atoms with Crippen LogP contribution in [0.4, 0.5) is 4.39 Å². The maximum atomic E-state index is 13.0. The fourth-order valence-electron chi connectivity index (χ4n) is 2.03. The molecule has 1 aliphatic rings. The summed E-state index contributed by atoms with van der Waals surface area (Å²) in [7, 11) is 0. The van der Waals surface area contributed by atoms with Crippen molar-refractivity contribution in [3.05, 3.63) is 35.6 Å². The molecule has 0 atom stereocenters. The number of carbonyl (C=O) groups is 1. The summed E-state index contributed by atoms with van der Waals surface area (Å²) in [5, 5.41) is 12.2. The highest BCUT2D eigenvalue weighted by atomic mass is 19.1. The average Bonchev–Trinajstić information content (AvgIpc) is 2.40. The number of aliphatic hydroxyl groups is 1. The van der Waals surface area contributed by atoms with E-state index in [2.05, 4.69) is 5.32 Å². The lowest BCUT2D eigenvalue weighted by atomic mass is 9.90. The van der Waals surface area contributed by atoms with Gasteiger partial charge < -0.3 is 15.2 Å². The molecule has 98 valence electrons. The Balaban J connectivity index is 2.10. The van der Waals surface area contributed by atoms with E-state index in [1.54, 1.807) is 6.07 Å². The molecule has 1 aromatic carbocycles. The molecule has 4 nitrogen and oxygen atoms in total. The molecule has 0 radical (unpaired) electrons. The normalized spacial score (nSPS) is 18.3. The molecule has 0 saturated carbocycles. The first-order valence-electron chi connectivity index (χ1n) is 5.92. The van der Waals surface area contributed by atoms with Crippen LogP contribution < -0.4 is 5.32 Å². The Morgan fingerprint density at radius 1 is 1.44 bits per heavy atom. The second kappa shape index (κ2) is 5.46. The summed E-state index contributed by atoms with van der Waals surface area (Å²) in [5.74, 6) is -0.821. The van der Waals surface area contributed by atoms with Gasteiger partial charge in [0, 0.05) is 18.8 Å². The van der Waals surface area contributed by atoms with Gasteiger partial charge in [0.1, 0.15) is 5.82 Å². The highest BCUT2D eigenvalue weighted by Crippen LogP contribution is 2.20. The number of hydrogen-bond acceptors (Lipinski definition) is 3. The highest BCUT2D eigenvalue weighted by Gasteiger charge is 2.33. The van der Waals surface area contributed by atoms with Crippen LogP contribution in [0, 0.1) is 5.82 Å². The number of hydrogen-bond donors (Lipinski definition) is 2. The van der Waals surface area contributed by atoms with Crippen LogP contribution in [0.25, 0.3) is 0 Å². The largest absolute Gasteiger partial charge is 0.394 e. The van der Waals surface area contributed by atoms with Gasteiger partial charge in [-0.3, -0.25) is 4.79 Å². The van der Waals surface area contributed by atoms with E-state index in [4.69, 9.17) is 4.74 Å². The van der Waals surface area contributed by atoms with Crippen molar-refractivity contribution in [1.29, 1.82) is 0 Å². The Labute approximate surface area is 105 Å². The van der Waals surface area contributed by atoms with Crippen molar-refractivity contribution in [3.8, 4) is 0 Å². The van der Waals surface area contributed by atoms with E-state index >= 15 is 0 Å². The highest BCUT2D eigenvalue weighted by molar-refractivity contribution is 5.94. The van der Waals surface area contributed by atoms with Crippen LogP contribution in [0.5, 0.6) is 0 Å². The quantitative estimate of drug-likeness (QED) is 0.848. The Morgan fingerprint density at radius 3 is 2.78 bits per heavy atom. The lowest BCUT2D eigenvalue weighted by Crippen LogP contribution is -2.54. The molecule has 1 heterocycles. The standard InChI is InChI=1S/C13H16FNO3/c14-11-3-1-2-10(8-11)12(17)15-13(9-16)4-6-18-7-5-13/h1-3,8,16H,4-7,9H2,(H,15,17). The van der Waals surface area contributed by atoms with E-state index in [0.717, 1.165) is 0 Å². The molecular formula is C13H16FNO3. The van der Waals surface area contributed by atoms with Crippen molar-refractivity contribution in [2.24, 2.45) is 0 Å². The molecular weight excluding hydrogens is 237 g/mol. The first kappa shape index (κ1) is 13.0. The molecule has 0 aliphatic carbocycles. The molecule has 18 heavy (non-hydrogen) atoms. The van der Waals surface area contributed by atoms with Crippen molar-refractivity contribution >= 4 is 5.91 Å². The number of carbonyl (C=O) groups excluding carboxylic acids is 1. The zero-order valence-corrected chi connectivity index (χ0v) is 9.99. The summed E-state index contributed by atoms with van der Waals surface area (Å²) >= 11 is 0. The topological polar surface area (TPSA) is 58.6 Å². The van der Waals surface area contributed by atoms with Gasteiger partial charge in [-0.15, -0.1) is 0 Å². The lowest BCUT2D eigenvalue weighted by molar-refractivity contribution is 0.0125. The van der Waals surface area contributed by atoms with Gasteiger partial charge in [-0.25, -0.2) is 4.39 Å². The summed E-state index contributed by atoms with van der Waals surface area (Å²) in [6.07, 6.45) is 1.12. The molecule has 5 heteroatoms. The Hall–Kier alpha value is -1.46. The maximum absolute atomic E-state index is 13.0. The Bertz CT molecular complexity index is 430. The van der Waals surface area contributed by atoms with Crippen molar-refractivity contribution in [1.82, 2.24) is 5.32 Å². The van der Waals surface area contributed by atoms with Gasteiger partial charge in [0.25, 0.3) is 5.91 Å². The van der Waals surface area contributed by atoms with Crippen molar-refractivity contribution in [2.45, 2.75) is 18.4 Å². The fourth-order valence-corrected chi connectivity index (χ4v) is 2.03. The molecule has 2 N–H and O–H groups in total. The lowest BCUT2D eigenvalue weighted by Gasteiger charge is -2.36. The minimum Gasteiger partial charge on any atom is -0.394 e. The SMILES string of the molecule is O=C(NC1(CO)CCOCC1)c1cccc(F)c1. The van der Waals surface area contributed by atoms with Gasteiger partial charge in [0.2, 0.25) is 0 Å². The van der Waals surface area contributed by atoms with E-state index in [1.165, 1.54) is 18.2 Å². The van der Waals surface area contributed by atoms with Crippen molar-refractivity contribution in [2.75, 3.05) is 19.8 Å². The first-order chi connectivity index (χ1) is 8.65. The van der Waals surface area contributed by atoms with Crippen LogP contribution in [0.15, 0.2) is 24.3 Å². The van der Waals surface area contributed by atoms with Crippen LogP contribution in [0.1, 0.15) is 23.2 Å². The number of halogens is 1. The zero-order valence-electron chi connectivity index (χ0n) is 9.99. The molecule has 1 saturated heterocycles. The van der Waals surface area contributed by atoms with Gasteiger partial charge >= 0.3 is 0 Å². The summed E-state index contributed by atoms with van der Waals surface area (Å²) < 4.78 is 18.2. The van der Waals surface area contributed by atoms with E-state index < -0.39 is 11.4 Å². The van der Waals surface area contributed by atoms with Crippen LogP contribution in [-0.4, -0.2) is 36.4 Å². The van der Waals surface area contributed by atoms with E-state index in [0.29, 0.717) is 26.1 Å². The molecule has 0 bridgehead atoms. The van der Waals surface area contributed by atoms with Gasteiger partial charge in [-0.05, 0) is 31.0 Å². The smallest absolute Gasteiger partial charge is 0.251 e. The number of ether oxygens (including phenoxy) is 1. The molecule has 1 aromatic rings. The third-order valence-corrected chi connectivity index (χ3v) is 3.22. The summed E-state index contributed by atoms with van der Waals surface area (Å²) in [6, 6.07) is 5.50. The summed E-state index contributed by atoms with van der Waals surface area (Å²) in [6.45, 7) is 0.866. The summed E-state index contributed by atoms with van der Waals surface area (Å²) in [5.41, 5.74) is -0.393. The number of rotatable bonds is 3. The first-order valence-corrected chi connectivity index (χ1v) is 5.92.